The number of nitrogens with one attached hydrogen (secondary N) is 1. The van der Waals surface area contributed by atoms with Crippen LogP contribution in [0.15, 0.2) is 35.4 Å². The standard InChI is InChI=1S/C17H19N5O/c1-13-8-16(20-11-15(13)10-18)22-5-2-14(9-17(22)23)12-21-6-3-19-4-7-21/h2,5,8-9,11,19H,3-4,6-7,12H2,1H3. The first-order valence-electron chi connectivity index (χ1n) is 7.69. The Kier molecular flexibility index (Phi) is 4.51. The summed E-state index contributed by atoms with van der Waals surface area (Å²) in [5.74, 6) is 0.542. The molecule has 6 nitrogen and oxygen atoms in total. The second-order valence-corrected chi connectivity index (χ2v) is 5.74. The highest BCUT2D eigenvalue weighted by molar-refractivity contribution is 5.40. The number of hydrogen-bond acceptors (Lipinski definition) is 5. The maximum Gasteiger partial charge on any atom is 0.256 e. The quantitative estimate of drug-likeness (QED) is 0.908. The van der Waals surface area contributed by atoms with E-state index in [2.05, 4.69) is 21.3 Å². The SMILES string of the molecule is Cc1cc(-n2ccc(CN3CCNCC3)cc2=O)ncc1C#N. The number of hydrogen-bond donors (Lipinski definition) is 1. The molecule has 1 N–H and O–H groups in total. The van der Waals surface area contributed by atoms with Gasteiger partial charge in [-0.15, -0.1) is 0 Å². The lowest BCUT2D eigenvalue weighted by Gasteiger charge is -2.27. The Morgan fingerprint density at radius 3 is 2.78 bits per heavy atom. The summed E-state index contributed by atoms with van der Waals surface area (Å²) < 4.78 is 1.51. The van der Waals surface area contributed by atoms with Gasteiger partial charge in [0.2, 0.25) is 0 Å². The van der Waals surface area contributed by atoms with Crippen LogP contribution in [0.2, 0.25) is 0 Å². The molecule has 0 radical (unpaired) electrons. The third-order valence-corrected chi connectivity index (χ3v) is 4.06. The van der Waals surface area contributed by atoms with Gasteiger partial charge in [0.15, 0.2) is 0 Å². The van der Waals surface area contributed by atoms with Crippen molar-refractivity contribution in [3.8, 4) is 11.9 Å². The molecule has 23 heavy (non-hydrogen) atoms. The van der Waals surface area contributed by atoms with Gasteiger partial charge in [-0.1, -0.05) is 0 Å². The zero-order chi connectivity index (χ0) is 16.2. The van der Waals surface area contributed by atoms with E-state index in [0.29, 0.717) is 11.4 Å². The molecule has 6 heteroatoms. The van der Waals surface area contributed by atoms with Crippen LogP contribution >= 0.6 is 0 Å². The van der Waals surface area contributed by atoms with Crippen LogP contribution in [0.4, 0.5) is 0 Å². The molecule has 1 aliphatic rings. The summed E-state index contributed by atoms with van der Waals surface area (Å²) in [4.78, 5) is 18.9. The minimum atomic E-state index is -0.103. The van der Waals surface area contributed by atoms with E-state index in [0.717, 1.165) is 43.9 Å². The van der Waals surface area contributed by atoms with Gasteiger partial charge < -0.3 is 5.32 Å². The Morgan fingerprint density at radius 2 is 2.13 bits per heavy atom. The van der Waals surface area contributed by atoms with Crippen molar-refractivity contribution >= 4 is 0 Å². The predicted octanol–water partition coefficient (Wildman–Crippen LogP) is 0.818. The van der Waals surface area contributed by atoms with Crippen molar-refractivity contribution in [2.24, 2.45) is 0 Å². The number of aryl methyl sites for hydroxylation is 1. The summed E-state index contributed by atoms with van der Waals surface area (Å²) >= 11 is 0. The molecule has 0 bridgehead atoms. The summed E-state index contributed by atoms with van der Waals surface area (Å²) in [7, 11) is 0. The average Bonchev–Trinajstić information content (AvgIpc) is 2.56. The normalized spacial score (nSPS) is 15.3. The Hall–Kier alpha value is -2.49. The fourth-order valence-corrected chi connectivity index (χ4v) is 2.73. The zero-order valence-corrected chi connectivity index (χ0v) is 13.1. The van der Waals surface area contributed by atoms with Crippen molar-refractivity contribution in [3.05, 3.63) is 57.6 Å². The van der Waals surface area contributed by atoms with E-state index in [1.54, 1.807) is 18.3 Å². The van der Waals surface area contributed by atoms with E-state index in [1.807, 2.05) is 13.0 Å². The van der Waals surface area contributed by atoms with Crippen LogP contribution in [0, 0.1) is 18.3 Å². The molecule has 0 unspecified atom stereocenters. The maximum absolute atomic E-state index is 12.4. The van der Waals surface area contributed by atoms with Crippen LogP contribution in [0.1, 0.15) is 16.7 Å². The molecule has 2 aromatic heterocycles. The van der Waals surface area contributed by atoms with Gasteiger partial charge in [-0.2, -0.15) is 5.26 Å². The number of pyridine rings is 2. The molecule has 118 valence electrons. The first-order valence-corrected chi connectivity index (χ1v) is 7.69. The van der Waals surface area contributed by atoms with Gasteiger partial charge in [0, 0.05) is 51.2 Å². The molecule has 0 aromatic carbocycles. The van der Waals surface area contributed by atoms with Crippen molar-refractivity contribution in [2.75, 3.05) is 26.2 Å². The summed E-state index contributed by atoms with van der Waals surface area (Å²) in [6, 6.07) is 7.46. The van der Waals surface area contributed by atoms with Crippen molar-refractivity contribution in [1.82, 2.24) is 19.8 Å². The van der Waals surface area contributed by atoms with E-state index in [-0.39, 0.29) is 5.56 Å². The molecule has 2 aromatic rings. The monoisotopic (exact) mass is 309 g/mol. The molecular weight excluding hydrogens is 290 g/mol. The van der Waals surface area contributed by atoms with Gasteiger partial charge in [-0.3, -0.25) is 14.3 Å². The predicted molar refractivity (Wildman–Crippen MR) is 87.4 cm³/mol. The van der Waals surface area contributed by atoms with Gasteiger partial charge in [0.05, 0.1) is 5.56 Å². The third kappa shape index (κ3) is 3.47. The van der Waals surface area contributed by atoms with E-state index in [9.17, 15) is 4.79 Å². The summed E-state index contributed by atoms with van der Waals surface area (Å²) in [6.07, 6.45) is 3.26. The van der Waals surface area contributed by atoms with E-state index < -0.39 is 0 Å². The molecule has 0 atom stereocenters. The van der Waals surface area contributed by atoms with Gasteiger partial charge >= 0.3 is 0 Å². The Morgan fingerprint density at radius 1 is 1.35 bits per heavy atom. The highest BCUT2D eigenvalue weighted by atomic mass is 16.1. The fourth-order valence-electron chi connectivity index (χ4n) is 2.73. The van der Waals surface area contributed by atoms with Crippen molar-refractivity contribution in [3.63, 3.8) is 0 Å². The highest BCUT2D eigenvalue weighted by Gasteiger charge is 2.11. The number of nitriles is 1. The molecule has 0 aliphatic carbocycles. The maximum atomic E-state index is 12.4. The molecule has 1 fully saturated rings. The Bertz CT molecular complexity index is 799. The number of aromatic nitrogens is 2. The second kappa shape index (κ2) is 6.73. The largest absolute Gasteiger partial charge is 0.314 e. The molecule has 1 saturated heterocycles. The molecule has 0 spiro atoms. The smallest absolute Gasteiger partial charge is 0.256 e. The molecule has 3 heterocycles. The topological polar surface area (TPSA) is 73.9 Å². The van der Waals surface area contributed by atoms with Crippen LogP contribution in [0.25, 0.3) is 5.82 Å². The summed E-state index contributed by atoms with van der Waals surface area (Å²) in [5, 5.41) is 12.3. The van der Waals surface area contributed by atoms with Crippen LogP contribution in [0.3, 0.4) is 0 Å². The lowest BCUT2D eigenvalue weighted by atomic mass is 10.2. The minimum Gasteiger partial charge on any atom is -0.314 e. The molecule has 1 aliphatic heterocycles. The van der Waals surface area contributed by atoms with Crippen LogP contribution in [-0.2, 0) is 6.54 Å². The average molecular weight is 309 g/mol. The second-order valence-electron chi connectivity index (χ2n) is 5.74. The lowest BCUT2D eigenvalue weighted by Crippen LogP contribution is -2.43. The van der Waals surface area contributed by atoms with E-state index in [4.69, 9.17) is 5.26 Å². The third-order valence-electron chi connectivity index (χ3n) is 4.06. The summed E-state index contributed by atoms with van der Waals surface area (Å²) in [6.45, 7) is 6.61. The number of nitrogens with zero attached hydrogens (tertiary/aromatic N) is 4. The zero-order valence-electron chi connectivity index (χ0n) is 13.1. The molecular formula is C17H19N5O. The fraction of sp³-hybridized carbons (Fsp3) is 0.353. The van der Waals surface area contributed by atoms with E-state index in [1.165, 1.54) is 10.8 Å². The minimum absolute atomic E-state index is 0.103. The molecule has 0 saturated carbocycles. The van der Waals surface area contributed by atoms with Gasteiger partial charge in [0.25, 0.3) is 5.56 Å². The van der Waals surface area contributed by atoms with Crippen LogP contribution in [-0.4, -0.2) is 40.6 Å². The van der Waals surface area contributed by atoms with Gasteiger partial charge in [-0.25, -0.2) is 4.98 Å². The van der Waals surface area contributed by atoms with Crippen molar-refractivity contribution in [1.29, 1.82) is 5.26 Å². The lowest BCUT2D eigenvalue weighted by molar-refractivity contribution is 0.233. The molecule has 3 rings (SSSR count). The van der Waals surface area contributed by atoms with Crippen LogP contribution < -0.4 is 10.9 Å². The first-order chi connectivity index (χ1) is 11.2. The number of rotatable bonds is 3. The Labute approximate surface area is 135 Å². The van der Waals surface area contributed by atoms with Gasteiger partial charge in [-0.05, 0) is 30.2 Å². The van der Waals surface area contributed by atoms with Crippen LogP contribution in [0.5, 0.6) is 0 Å². The molecule has 0 amide bonds. The van der Waals surface area contributed by atoms with E-state index >= 15 is 0 Å². The summed E-state index contributed by atoms with van der Waals surface area (Å²) in [5.41, 5.74) is 2.25. The Balaban J connectivity index is 1.83. The highest BCUT2D eigenvalue weighted by Crippen LogP contribution is 2.10. The van der Waals surface area contributed by atoms with Crippen molar-refractivity contribution < 1.29 is 0 Å². The number of piperazine rings is 1. The van der Waals surface area contributed by atoms with Crippen molar-refractivity contribution in [2.45, 2.75) is 13.5 Å². The van der Waals surface area contributed by atoms with Gasteiger partial charge in [0.1, 0.15) is 11.9 Å². The first kappa shape index (κ1) is 15.4.